The Labute approximate surface area is 173 Å². The molecule has 1 saturated heterocycles. The lowest BCUT2D eigenvalue weighted by molar-refractivity contribution is -0.167. The van der Waals surface area contributed by atoms with E-state index in [4.69, 9.17) is 9.47 Å². The molecule has 0 spiro atoms. The lowest BCUT2D eigenvalue weighted by Crippen LogP contribution is -2.45. The molecule has 3 fully saturated rings. The Bertz CT molecular complexity index is 844. The van der Waals surface area contributed by atoms with E-state index in [0.717, 1.165) is 11.1 Å². The molecule has 2 nitrogen and oxygen atoms in total. The highest BCUT2D eigenvalue weighted by atomic mass is 19.3. The summed E-state index contributed by atoms with van der Waals surface area (Å²) in [5.74, 6) is -7.74. The molecule has 0 radical (unpaired) electrons. The molecule has 5 rings (SSSR count). The molecule has 1 heterocycles. The first-order chi connectivity index (χ1) is 14.3. The molecule has 2 aromatic rings. The van der Waals surface area contributed by atoms with Crippen LogP contribution in [0, 0.1) is 23.7 Å². The highest BCUT2D eigenvalue weighted by molar-refractivity contribution is 5.35. The van der Waals surface area contributed by atoms with Crippen molar-refractivity contribution in [2.24, 2.45) is 23.7 Å². The Kier molecular flexibility index (Phi) is 4.71. The average molecular weight is 420 g/mol. The van der Waals surface area contributed by atoms with E-state index >= 15 is 0 Å². The standard InChI is InChI=1S/C24H24F4O2/c1-23(27,28)19(22(25)26)17-12-14-13-18(17)21-20(14)29-24(30-21,15-8-4-2-5-9-15)16-10-6-3-7-11-16/h2-11,14,17-22H,12-13H2,1H3/t14?,17?,18-,19?,20?,21?/m0/s1. The number of fused-ring (bicyclic) bond motifs is 5. The Morgan fingerprint density at radius 1 is 0.867 bits per heavy atom. The first-order valence-electron chi connectivity index (χ1n) is 10.4. The van der Waals surface area contributed by atoms with Crippen molar-refractivity contribution in [1.29, 1.82) is 0 Å². The molecule has 3 aliphatic rings. The Hall–Kier alpha value is -1.92. The molecule has 2 aliphatic carbocycles. The highest BCUT2D eigenvalue weighted by Gasteiger charge is 2.66. The lowest BCUT2D eigenvalue weighted by Gasteiger charge is -2.37. The van der Waals surface area contributed by atoms with Gasteiger partial charge in [0, 0.05) is 11.1 Å². The van der Waals surface area contributed by atoms with Gasteiger partial charge in [0.05, 0.1) is 18.1 Å². The van der Waals surface area contributed by atoms with E-state index in [9.17, 15) is 17.6 Å². The summed E-state index contributed by atoms with van der Waals surface area (Å²) in [5.41, 5.74) is 1.63. The van der Waals surface area contributed by atoms with Gasteiger partial charge in [-0.05, 0) is 37.5 Å². The summed E-state index contributed by atoms with van der Waals surface area (Å²) >= 11 is 0. The van der Waals surface area contributed by atoms with Gasteiger partial charge >= 0.3 is 0 Å². The zero-order valence-electron chi connectivity index (χ0n) is 16.6. The molecule has 2 bridgehead atoms. The van der Waals surface area contributed by atoms with Gasteiger partial charge in [0.1, 0.15) is 0 Å². The quantitative estimate of drug-likeness (QED) is 0.564. The number of hydrogen-bond donors (Lipinski definition) is 0. The normalized spacial score (nSPS) is 33.1. The molecule has 6 heteroatoms. The molecular weight excluding hydrogens is 396 g/mol. The van der Waals surface area contributed by atoms with E-state index in [0.29, 0.717) is 19.8 Å². The number of ether oxygens (including phenoxy) is 2. The monoisotopic (exact) mass is 420 g/mol. The maximum atomic E-state index is 14.1. The van der Waals surface area contributed by atoms with Gasteiger partial charge in [0.15, 0.2) is 0 Å². The molecule has 1 aliphatic heterocycles. The summed E-state index contributed by atoms with van der Waals surface area (Å²) in [6, 6.07) is 19.0. The summed E-state index contributed by atoms with van der Waals surface area (Å²) in [7, 11) is 0. The van der Waals surface area contributed by atoms with Crippen LogP contribution in [0.4, 0.5) is 17.6 Å². The smallest absolute Gasteiger partial charge is 0.253 e. The van der Waals surface area contributed by atoms with Crippen molar-refractivity contribution in [1.82, 2.24) is 0 Å². The third kappa shape index (κ3) is 2.99. The fourth-order valence-electron chi connectivity index (χ4n) is 5.98. The average Bonchev–Trinajstić information content (AvgIpc) is 3.38. The van der Waals surface area contributed by atoms with E-state index in [1.807, 2.05) is 60.7 Å². The third-order valence-electron chi connectivity index (χ3n) is 7.14. The van der Waals surface area contributed by atoms with Gasteiger partial charge in [-0.2, -0.15) is 0 Å². The molecular formula is C24H24F4O2. The first-order valence-corrected chi connectivity index (χ1v) is 10.4. The fraction of sp³-hybridized carbons (Fsp3) is 0.500. The molecule has 0 amide bonds. The van der Waals surface area contributed by atoms with Gasteiger partial charge in [-0.25, -0.2) is 17.6 Å². The van der Waals surface area contributed by atoms with Gasteiger partial charge in [-0.1, -0.05) is 60.7 Å². The van der Waals surface area contributed by atoms with Gasteiger partial charge in [0.2, 0.25) is 12.2 Å². The molecule has 2 saturated carbocycles. The Morgan fingerprint density at radius 3 is 1.90 bits per heavy atom. The highest BCUT2D eigenvalue weighted by Crippen LogP contribution is 2.62. The second kappa shape index (κ2) is 7.06. The predicted octanol–water partition coefficient (Wildman–Crippen LogP) is 5.86. The molecule has 30 heavy (non-hydrogen) atoms. The van der Waals surface area contributed by atoms with Crippen molar-refractivity contribution in [3.05, 3.63) is 71.8 Å². The van der Waals surface area contributed by atoms with Crippen molar-refractivity contribution in [2.45, 2.75) is 50.1 Å². The number of hydrogen-bond acceptors (Lipinski definition) is 2. The van der Waals surface area contributed by atoms with Crippen LogP contribution in [0.2, 0.25) is 0 Å². The number of alkyl halides is 4. The second-order valence-electron chi connectivity index (χ2n) is 8.89. The van der Waals surface area contributed by atoms with Crippen molar-refractivity contribution < 1.29 is 27.0 Å². The molecule has 2 aromatic carbocycles. The van der Waals surface area contributed by atoms with Crippen molar-refractivity contribution in [3.8, 4) is 0 Å². The summed E-state index contributed by atoms with van der Waals surface area (Å²) in [6.45, 7) is 0.609. The van der Waals surface area contributed by atoms with E-state index in [1.165, 1.54) is 0 Å². The first kappa shape index (κ1) is 20.0. The maximum absolute atomic E-state index is 14.1. The van der Waals surface area contributed by atoms with Gasteiger partial charge in [0.25, 0.3) is 5.92 Å². The number of rotatable bonds is 5. The van der Waals surface area contributed by atoms with Gasteiger partial charge < -0.3 is 9.47 Å². The summed E-state index contributed by atoms with van der Waals surface area (Å²) < 4.78 is 68.6. The molecule has 6 atom stereocenters. The van der Waals surface area contributed by atoms with Crippen LogP contribution in [-0.4, -0.2) is 24.6 Å². The molecule has 0 N–H and O–H groups in total. The van der Waals surface area contributed by atoms with Crippen LogP contribution in [0.1, 0.15) is 30.9 Å². The summed E-state index contributed by atoms with van der Waals surface area (Å²) in [6.07, 6.45) is -2.90. The van der Waals surface area contributed by atoms with Crippen molar-refractivity contribution in [2.75, 3.05) is 0 Å². The number of halogens is 4. The van der Waals surface area contributed by atoms with Crippen molar-refractivity contribution in [3.63, 3.8) is 0 Å². The van der Waals surface area contributed by atoms with Crippen LogP contribution in [0.15, 0.2) is 60.7 Å². The van der Waals surface area contributed by atoms with Gasteiger partial charge in [-0.15, -0.1) is 0 Å². The lowest BCUT2D eigenvalue weighted by atomic mass is 9.75. The van der Waals surface area contributed by atoms with Crippen LogP contribution in [0.25, 0.3) is 0 Å². The minimum Gasteiger partial charge on any atom is -0.336 e. The van der Waals surface area contributed by atoms with Crippen LogP contribution in [0.5, 0.6) is 0 Å². The number of benzene rings is 2. The molecule has 0 aromatic heterocycles. The zero-order valence-corrected chi connectivity index (χ0v) is 16.6. The molecule has 5 unspecified atom stereocenters. The van der Waals surface area contributed by atoms with E-state index in [2.05, 4.69) is 0 Å². The summed E-state index contributed by atoms with van der Waals surface area (Å²) in [5, 5.41) is 0. The second-order valence-corrected chi connectivity index (χ2v) is 8.89. The topological polar surface area (TPSA) is 18.5 Å². The predicted molar refractivity (Wildman–Crippen MR) is 103 cm³/mol. The SMILES string of the molecule is CC(F)(F)C(C(F)F)C1CC2C[C@@H]1C1OC(c3ccccc3)(c3ccccc3)OC21. The van der Waals surface area contributed by atoms with Crippen LogP contribution in [-0.2, 0) is 15.3 Å². The minimum absolute atomic E-state index is 0.0529. The van der Waals surface area contributed by atoms with Crippen molar-refractivity contribution >= 4 is 0 Å². The van der Waals surface area contributed by atoms with E-state index in [-0.39, 0.29) is 17.9 Å². The van der Waals surface area contributed by atoms with Crippen LogP contribution < -0.4 is 0 Å². The van der Waals surface area contributed by atoms with Gasteiger partial charge in [-0.3, -0.25) is 0 Å². The Balaban J connectivity index is 1.51. The minimum atomic E-state index is -3.44. The van der Waals surface area contributed by atoms with E-state index < -0.39 is 36.1 Å². The molecule has 160 valence electrons. The summed E-state index contributed by atoms with van der Waals surface area (Å²) in [4.78, 5) is 0. The van der Waals surface area contributed by atoms with E-state index in [1.54, 1.807) is 0 Å². The van der Waals surface area contributed by atoms with Crippen LogP contribution in [0.3, 0.4) is 0 Å². The Morgan fingerprint density at radius 2 is 1.40 bits per heavy atom. The largest absolute Gasteiger partial charge is 0.336 e. The zero-order chi connectivity index (χ0) is 21.1. The van der Waals surface area contributed by atoms with Crippen LogP contribution >= 0.6 is 0 Å². The fourth-order valence-corrected chi connectivity index (χ4v) is 5.98. The maximum Gasteiger partial charge on any atom is 0.253 e. The third-order valence-corrected chi connectivity index (χ3v) is 7.14.